The molecule has 1 aromatic heterocycles. The molecule has 1 saturated heterocycles. The summed E-state index contributed by atoms with van der Waals surface area (Å²) in [5, 5.41) is 5.17. The molecule has 0 radical (unpaired) electrons. The molecule has 1 saturated carbocycles. The summed E-state index contributed by atoms with van der Waals surface area (Å²) in [6.45, 7) is 4.76. The first kappa shape index (κ1) is 12.8. The molecule has 1 aliphatic carbocycles. The van der Waals surface area contributed by atoms with Crippen LogP contribution in [0.1, 0.15) is 36.1 Å². The van der Waals surface area contributed by atoms with Crippen LogP contribution in [0.4, 0.5) is 0 Å². The highest BCUT2D eigenvalue weighted by atomic mass is 32.1. The Balaban J connectivity index is 1.63. The van der Waals surface area contributed by atoms with Crippen LogP contribution in [-0.4, -0.2) is 24.0 Å². The average molecular weight is 286 g/mol. The van der Waals surface area contributed by atoms with Gasteiger partial charge in [0.25, 0.3) is 0 Å². The molecular weight excluding hydrogens is 264 g/mol. The Morgan fingerprint density at radius 3 is 2.75 bits per heavy atom. The highest BCUT2D eigenvalue weighted by molar-refractivity contribution is 7.19. The van der Waals surface area contributed by atoms with Gasteiger partial charge in [-0.1, -0.05) is 18.2 Å². The van der Waals surface area contributed by atoms with Crippen LogP contribution < -0.4 is 5.32 Å². The van der Waals surface area contributed by atoms with Crippen LogP contribution in [0.5, 0.6) is 0 Å². The fraction of sp³-hybridized carbons (Fsp3) is 0.529. The van der Waals surface area contributed by atoms with Gasteiger partial charge in [0.1, 0.15) is 0 Å². The van der Waals surface area contributed by atoms with Gasteiger partial charge in [-0.25, -0.2) is 0 Å². The average Bonchev–Trinajstić information content (AvgIpc) is 3.04. The quantitative estimate of drug-likeness (QED) is 0.900. The molecule has 1 aliphatic heterocycles. The molecule has 106 valence electrons. The maximum absolute atomic E-state index is 3.69. The molecule has 2 aromatic rings. The van der Waals surface area contributed by atoms with E-state index < -0.39 is 0 Å². The molecular formula is C17H22N2S. The number of nitrogens with zero attached hydrogens (tertiary/aromatic N) is 1. The minimum Gasteiger partial charge on any atom is -0.309 e. The minimum absolute atomic E-state index is 0.792. The third kappa shape index (κ3) is 2.62. The van der Waals surface area contributed by atoms with E-state index in [4.69, 9.17) is 0 Å². The number of nitrogens with one attached hydrogen (secondary N) is 1. The molecule has 2 nitrogen and oxygen atoms in total. The van der Waals surface area contributed by atoms with Crippen molar-refractivity contribution in [3.05, 3.63) is 34.7 Å². The van der Waals surface area contributed by atoms with Crippen molar-refractivity contribution >= 4 is 21.4 Å². The van der Waals surface area contributed by atoms with E-state index >= 15 is 0 Å². The van der Waals surface area contributed by atoms with E-state index in [0.717, 1.165) is 19.1 Å². The van der Waals surface area contributed by atoms with Gasteiger partial charge < -0.3 is 5.32 Å². The summed E-state index contributed by atoms with van der Waals surface area (Å²) in [5.74, 6) is 0. The second kappa shape index (κ2) is 5.47. The maximum atomic E-state index is 3.69. The Hall–Kier alpha value is -0.900. The third-order valence-corrected chi connectivity index (χ3v) is 5.70. The first-order valence-corrected chi connectivity index (χ1v) is 8.67. The fourth-order valence-corrected chi connectivity index (χ4v) is 4.32. The molecule has 2 heterocycles. The van der Waals surface area contributed by atoms with Crippen molar-refractivity contribution in [2.24, 2.45) is 0 Å². The number of likely N-dealkylation sites (tertiary alicyclic amines) is 1. The van der Waals surface area contributed by atoms with Gasteiger partial charge in [-0.05, 0) is 55.8 Å². The van der Waals surface area contributed by atoms with Crippen molar-refractivity contribution in [3.63, 3.8) is 0 Å². The van der Waals surface area contributed by atoms with Crippen LogP contribution in [0.3, 0.4) is 0 Å². The summed E-state index contributed by atoms with van der Waals surface area (Å²) in [6.07, 6.45) is 5.48. The third-order valence-electron chi connectivity index (χ3n) is 4.49. The summed E-state index contributed by atoms with van der Waals surface area (Å²) in [5.41, 5.74) is 1.58. The van der Waals surface area contributed by atoms with Crippen molar-refractivity contribution in [2.75, 3.05) is 13.1 Å². The molecule has 0 unspecified atom stereocenters. The van der Waals surface area contributed by atoms with E-state index in [9.17, 15) is 0 Å². The van der Waals surface area contributed by atoms with E-state index in [2.05, 4.69) is 34.5 Å². The van der Waals surface area contributed by atoms with Crippen molar-refractivity contribution in [3.8, 4) is 0 Å². The Labute approximate surface area is 124 Å². The van der Waals surface area contributed by atoms with Crippen LogP contribution >= 0.6 is 11.3 Å². The molecule has 0 atom stereocenters. The number of fused-ring (bicyclic) bond motifs is 1. The largest absolute Gasteiger partial charge is 0.309 e. The van der Waals surface area contributed by atoms with Crippen molar-refractivity contribution in [2.45, 2.75) is 44.8 Å². The Morgan fingerprint density at radius 2 is 1.95 bits per heavy atom. The first-order chi connectivity index (χ1) is 9.90. The van der Waals surface area contributed by atoms with Crippen LogP contribution in [0.15, 0.2) is 24.3 Å². The van der Waals surface area contributed by atoms with E-state index in [1.807, 2.05) is 11.3 Å². The normalized spacial score (nSPS) is 20.0. The van der Waals surface area contributed by atoms with Gasteiger partial charge >= 0.3 is 0 Å². The number of hydrogen-bond donors (Lipinski definition) is 1. The predicted octanol–water partition coefficient (Wildman–Crippen LogP) is 3.75. The Morgan fingerprint density at radius 1 is 1.15 bits per heavy atom. The van der Waals surface area contributed by atoms with Gasteiger partial charge in [0.2, 0.25) is 0 Å². The van der Waals surface area contributed by atoms with E-state index in [0.29, 0.717) is 0 Å². The molecule has 2 fully saturated rings. The molecule has 0 bridgehead atoms. The van der Waals surface area contributed by atoms with Gasteiger partial charge in [0.05, 0.1) is 0 Å². The lowest BCUT2D eigenvalue weighted by Gasteiger charge is -2.15. The standard InChI is InChI=1S/C17H22N2S/c1-2-6-16-14(5-1)15(12-19-9-3-4-10-19)17(20-16)11-18-13-7-8-13/h1-2,5-6,13,18H,3-4,7-12H2. The SMILES string of the molecule is c1ccc2c(CN3CCCC3)c(CNC3CC3)sc2c1. The van der Waals surface area contributed by atoms with Gasteiger partial charge in [-0.15, -0.1) is 11.3 Å². The zero-order valence-corrected chi connectivity index (χ0v) is 12.7. The van der Waals surface area contributed by atoms with Crippen molar-refractivity contribution in [1.82, 2.24) is 10.2 Å². The van der Waals surface area contributed by atoms with E-state index in [-0.39, 0.29) is 0 Å². The second-order valence-electron chi connectivity index (χ2n) is 6.14. The molecule has 0 spiro atoms. The summed E-state index contributed by atoms with van der Waals surface area (Å²) >= 11 is 1.99. The van der Waals surface area contributed by atoms with Gasteiger partial charge in [0, 0.05) is 28.7 Å². The van der Waals surface area contributed by atoms with Gasteiger partial charge in [-0.3, -0.25) is 4.90 Å². The topological polar surface area (TPSA) is 15.3 Å². The summed E-state index contributed by atoms with van der Waals surface area (Å²) in [6, 6.07) is 9.71. The van der Waals surface area contributed by atoms with Gasteiger partial charge in [0.15, 0.2) is 0 Å². The lowest BCUT2D eigenvalue weighted by atomic mass is 10.1. The number of thiophene rings is 1. The van der Waals surface area contributed by atoms with Crippen molar-refractivity contribution < 1.29 is 0 Å². The molecule has 1 aromatic carbocycles. The van der Waals surface area contributed by atoms with Crippen LogP contribution in [0, 0.1) is 0 Å². The fourth-order valence-electron chi connectivity index (χ4n) is 3.15. The van der Waals surface area contributed by atoms with Crippen LogP contribution in [0.2, 0.25) is 0 Å². The first-order valence-electron chi connectivity index (χ1n) is 7.85. The van der Waals surface area contributed by atoms with Crippen molar-refractivity contribution in [1.29, 1.82) is 0 Å². The smallest absolute Gasteiger partial charge is 0.0349 e. The zero-order chi connectivity index (χ0) is 13.4. The molecule has 2 aliphatic rings. The molecule has 4 rings (SSSR count). The molecule has 20 heavy (non-hydrogen) atoms. The number of hydrogen-bond acceptors (Lipinski definition) is 3. The minimum atomic E-state index is 0.792. The van der Waals surface area contributed by atoms with E-state index in [1.54, 1.807) is 10.4 Å². The maximum Gasteiger partial charge on any atom is 0.0349 e. The second-order valence-corrected chi connectivity index (χ2v) is 7.28. The highest BCUT2D eigenvalue weighted by Crippen LogP contribution is 2.33. The summed E-state index contributed by atoms with van der Waals surface area (Å²) < 4.78 is 1.45. The number of benzene rings is 1. The van der Waals surface area contributed by atoms with Gasteiger partial charge in [-0.2, -0.15) is 0 Å². The molecule has 3 heteroatoms. The number of rotatable bonds is 5. The summed E-state index contributed by atoms with van der Waals surface area (Å²) in [4.78, 5) is 4.18. The monoisotopic (exact) mass is 286 g/mol. The highest BCUT2D eigenvalue weighted by Gasteiger charge is 2.22. The van der Waals surface area contributed by atoms with Crippen LogP contribution in [-0.2, 0) is 13.1 Å². The Bertz CT molecular complexity index is 594. The lowest BCUT2D eigenvalue weighted by molar-refractivity contribution is 0.332. The lowest BCUT2D eigenvalue weighted by Crippen LogP contribution is -2.20. The molecule has 0 amide bonds. The Kier molecular flexibility index (Phi) is 3.51. The zero-order valence-electron chi connectivity index (χ0n) is 11.9. The van der Waals surface area contributed by atoms with E-state index in [1.165, 1.54) is 48.9 Å². The summed E-state index contributed by atoms with van der Waals surface area (Å²) in [7, 11) is 0. The predicted molar refractivity (Wildman–Crippen MR) is 86.2 cm³/mol. The van der Waals surface area contributed by atoms with Crippen LogP contribution in [0.25, 0.3) is 10.1 Å². The molecule has 1 N–H and O–H groups in total.